The Kier molecular flexibility index (Phi) is 7.71. The second kappa shape index (κ2) is 9.60. The lowest BCUT2D eigenvalue weighted by Crippen LogP contribution is -2.24. The standard InChI is InChI=1S/C26H38O2/c1-20(27-18-17-21-11-9-8-10-12-21)28-23-15-13-22(14-16-23)24(26(5,6)7)19-25(2,3)4/h8-16,20,24H,17-19H2,1-7H3/t20?,24-/m1/s1. The molecule has 1 unspecified atom stereocenters. The molecule has 28 heavy (non-hydrogen) atoms. The summed E-state index contributed by atoms with van der Waals surface area (Å²) in [6, 6.07) is 19.0. The van der Waals surface area contributed by atoms with Gasteiger partial charge in [0.05, 0.1) is 6.61 Å². The van der Waals surface area contributed by atoms with Crippen LogP contribution < -0.4 is 4.74 Å². The number of benzene rings is 2. The quantitative estimate of drug-likeness (QED) is 0.448. The Morgan fingerprint density at radius 1 is 0.821 bits per heavy atom. The summed E-state index contributed by atoms with van der Waals surface area (Å²) in [5.41, 5.74) is 3.19. The van der Waals surface area contributed by atoms with E-state index in [0.29, 0.717) is 17.9 Å². The molecule has 0 N–H and O–H groups in total. The van der Waals surface area contributed by atoms with Crippen molar-refractivity contribution in [2.75, 3.05) is 6.61 Å². The molecule has 0 aliphatic carbocycles. The van der Waals surface area contributed by atoms with Crippen molar-refractivity contribution in [2.45, 2.75) is 73.5 Å². The van der Waals surface area contributed by atoms with Crippen LogP contribution in [0, 0.1) is 10.8 Å². The van der Waals surface area contributed by atoms with E-state index in [4.69, 9.17) is 9.47 Å². The molecule has 0 saturated heterocycles. The molecule has 0 bridgehead atoms. The van der Waals surface area contributed by atoms with Gasteiger partial charge in [0.25, 0.3) is 0 Å². The van der Waals surface area contributed by atoms with Gasteiger partial charge in [-0.2, -0.15) is 0 Å². The molecule has 0 heterocycles. The minimum atomic E-state index is -0.262. The van der Waals surface area contributed by atoms with Crippen LogP contribution in [0.4, 0.5) is 0 Å². The van der Waals surface area contributed by atoms with E-state index in [2.05, 4.69) is 90.1 Å². The summed E-state index contributed by atoms with van der Waals surface area (Å²) in [7, 11) is 0. The van der Waals surface area contributed by atoms with Crippen LogP contribution in [-0.2, 0) is 11.2 Å². The van der Waals surface area contributed by atoms with Crippen molar-refractivity contribution in [2.24, 2.45) is 10.8 Å². The van der Waals surface area contributed by atoms with E-state index < -0.39 is 0 Å². The highest BCUT2D eigenvalue weighted by Gasteiger charge is 2.30. The first-order valence-corrected chi connectivity index (χ1v) is 10.5. The Balaban J connectivity index is 1.91. The van der Waals surface area contributed by atoms with Gasteiger partial charge in [-0.3, -0.25) is 0 Å². The summed E-state index contributed by atoms with van der Waals surface area (Å²) in [6.07, 6.45) is 1.80. The average molecular weight is 383 g/mol. The molecule has 154 valence electrons. The van der Waals surface area contributed by atoms with Gasteiger partial charge in [-0.1, -0.05) is 84.0 Å². The fourth-order valence-corrected chi connectivity index (χ4v) is 3.53. The van der Waals surface area contributed by atoms with Crippen molar-refractivity contribution in [3.63, 3.8) is 0 Å². The molecular weight excluding hydrogens is 344 g/mol. The van der Waals surface area contributed by atoms with Gasteiger partial charge in [0.15, 0.2) is 6.29 Å². The van der Waals surface area contributed by atoms with Crippen molar-refractivity contribution < 1.29 is 9.47 Å². The monoisotopic (exact) mass is 382 g/mol. The fraction of sp³-hybridized carbons (Fsp3) is 0.538. The van der Waals surface area contributed by atoms with Crippen LogP contribution >= 0.6 is 0 Å². The third-order valence-electron chi connectivity index (χ3n) is 5.03. The van der Waals surface area contributed by atoms with Crippen LogP contribution in [-0.4, -0.2) is 12.9 Å². The number of hydrogen-bond acceptors (Lipinski definition) is 2. The highest BCUT2D eigenvalue weighted by Crippen LogP contribution is 2.43. The van der Waals surface area contributed by atoms with E-state index in [0.717, 1.165) is 18.6 Å². The maximum absolute atomic E-state index is 5.95. The Morgan fingerprint density at radius 3 is 1.96 bits per heavy atom. The molecule has 2 heteroatoms. The SMILES string of the molecule is CC(OCCc1ccccc1)Oc1ccc([C@@H](CC(C)(C)C)C(C)(C)C)cc1. The molecule has 2 aromatic rings. The van der Waals surface area contributed by atoms with Gasteiger partial charge in [-0.15, -0.1) is 0 Å². The molecule has 2 atom stereocenters. The topological polar surface area (TPSA) is 18.5 Å². The number of rotatable bonds is 8. The van der Waals surface area contributed by atoms with Crippen LogP contribution in [0.3, 0.4) is 0 Å². The highest BCUT2D eigenvalue weighted by atomic mass is 16.7. The molecule has 0 radical (unpaired) electrons. The van der Waals surface area contributed by atoms with E-state index in [9.17, 15) is 0 Å². The van der Waals surface area contributed by atoms with Crippen LogP contribution in [0.5, 0.6) is 5.75 Å². The summed E-state index contributed by atoms with van der Waals surface area (Å²) in [5, 5.41) is 0. The van der Waals surface area contributed by atoms with Crippen LogP contribution in [0.15, 0.2) is 54.6 Å². The van der Waals surface area contributed by atoms with Crippen molar-refractivity contribution >= 4 is 0 Å². The van der Waals surface area contributed by atoms with Crippen LogP contribution in [0.25, 0.3) is 0 Å². The number of hydrogen-bond donors (Lipinski definition) is 0. The summed E-state index contributed by atoms with van der Waals surface area (Å²) in [4.78, 5) is 0. The van der Waals surface area contributed by atoms with Crippen LogP contribution in [0.1, 0.15) is 71.9 Å². The third-order valence-corrected chi connectivity index (χ3v) is 5.03. The van der Waals surface area contributed by atoms with Crippen molar-refractivity contribution in [3.8, 4) is 5.75 Å². The normalized spacial score (nSPS) is 14.5. The van der Waals surface area contributed by atoms with Crippen molar-refractivity contribution in [1.82, 2.24) is 0 Å². The first kappa shape index (κ1) is 22.5. The second-order valence-electron chi connectivity index (χ2n) is 10.0. The van der Waals surface area contributed by atoms with Gasteiger partial charge >= 0.3 is 0 Å². The van der Waals surface area contributed by atoms with Crippen LogP contribution in [0.2, 0.25) is 0 Å². The van der Waals surface area contributed by atoms with E-state index >= 15 is 0 Å². The predicted molar refractivity (Wildman–Crippen MR) is 119 cm³/mol. The Labute approximate surface area is 172 Å². The molecule has 2 nitrogen and oxygen atoms in total. The molecule has 0 aliphatic rings. The molecule has 2 rings (SSSR count). The van der Waals surface area contributed by atoms with Gasteiger partial charge in [0.2, 0.25) is 0 Å². The molecule has 0 aliphatic heterocycles. The smallest absolute Gasteiger partial charge is 0.196 e. The Bertz CT molecular complexity index is 690. The largest absolute Gasteiger partial charge is 0.465 e. The molecule has 0 spiro atoms. The maximum Gasteiger partial charge on any atom is 0.196 e. The molecule has 0 saturated carbocycles. The number of ether oxygens (including phenoxy) is 2. The zero-order chi connectivity index (χ0) is 20.8. The average Bonchev–Trinajstić information content (AvgIpc) is 2.60. The summed E-state index contributed by atoms with van der Waals surface area (Å²) in [5.74, 6) is 1.38. The highest BCUT2D eigenvalue weighted by molar-refractivity contribution is 5.30. The first-order valence-electron chi connectivity index (χ1n) is 10.5. The molecule has 0 aromatic heterocycles. The van der Waals surface area contributed by atoms with Gasteiger partial charge in [-0.25, -0.2) is 0 Å². The minimum Gasteiger partial charge on any atom is -0.465 e. The molecule has 0 amide bonds. The Morgan fingerprint density at radius 2 is 1.43 bits per heavy atom. The van der Waals surface area contributed by atoms with E-state index in [1.807, 2.05) is 13.0 Å². The first-order chi connectivity index (χ1) is 13.0. The molecule has 0 fully saturated rings. The lowest BCUT2D eigenvalue weighted by atomic mass is 9.69. The molecular formula is C26H38O2. The van der Waals surface area contributed by atoms with Gasteiger partial charge in [0, 0.05) is 0 Å². The zero-order valence-electron chi connectivity index (χ0n) is 18.8. The third kappa shape index (κ3) is 7.67. The summed E-state index contributed by atoms with van der Waals surface area (Å²) in [6.45, 7) is 16.5. The van der Waals surface area contributed by atoms with Gasteiger partial charge in [-0.05, 0) is 59.8 Å². The second-order valence-corrected chi connectivity index (χ2v) is 10.0. The predicted octanol–water partition coefficient (Wildman–Crippen LogP) is 7.24. The van der Waals surface area contributed by atoms with E-state index in [1.165, 1.54) is 11.1 Å². The van der Waals surface area contributed by atoms with Crippen molar-refractivity contribution in [3.05, 3.63) is 65.7 Å². The van der Waals surface area contributed by atoms with Gasteiger partial charge in [0.1, 0.15) is 5.75 Å². The zero-order valence-corrected chi connectivity index (χ0v) is 18.8. The fourth-order valence-electron chi connectivity index (χ4n) is 3.53. The van der Waals surface area contributed by atoms with Gasteiger partial charge < -0.3 is 9.47 Å². The lowest BCUT2D eigenvalue weighted by Gasteiger charge is -2.36. The Hall–Kier alpha value is -1.80. The van der Waals surface area contributed by atoms with Crippen molar-refractivity contribution in [1.29, 1.82) is 0 Å². The van der Waals surface area contributed by atoms with E-state index in [1.54, 1.807) is 0 Å². The summed E-state index contributed by atoms with van der Waals surface area (Å²) < 4.78 is 11.8. The summed E-state index contributed by atoms with van der Waals surface area (Å²) >= 11 is 0. The maximum atomic E-state index is 5.95. The van der Waals surface area contributed by atoms with E-state index in [-0.39, 0.29) is 11.7 Å². The minimum absolute atomic E-state index is 0.226. The lowest BCUT2D eigenvalue weighted by molar-refractivity contribution is -0.0654. The molecule has 2 aromatic carbocycles.